The van der Waals surface area contributed by atoms with E-state index in [1.54, 1.807) is 54.6 Å². The number of sulfone groups is 1. The minimum Gasteiger partial charge on any atom is -0.296 e. The molecule has 0 saturated heterocycles. The van der Waals surface area contributed by atoms with Gasteiger partial charge in [-0.2, -0.15) is 0 Å². The average molecular weight is 430 g/mol. The Hall–Kier alpha value is -2.58. The molecule has 0 atom stereocenters. The fourth-order valence-electron chi connectivity index (χ4n) is 2.83. The van der Waals surface area contributed by atoms with Crippen LogP contribution in [0, 0.1) is 0 Å². The van der Waals surface area contributed by atoms with Gasteiger partial charge in [-0.25, -0.2) is 8.42 Å². The van der Waals surface area contributed by atoms with Crippen LogP contribution in [0.15, 0.2) is 59.5 Å². The first-order valence-corrected chi connectivity index (χ1v) is 12.0. The zero-order valence-electron chi connectivity index (χ0n) is 16.2. The van der Waals surface area contributed by atoms with Crippen LogP contribution >= 0.6 is 11.3 Å². The molecule has 8 heteroatoms. The second-order valence-corrected chi connectivity index (χ2v) is 9.74. The SMILES string of the molecule is CCCCCc1nnc(NC(=O)c2cccc(CS(=O)(=O)c3ccccc3)c2)s1. The van der Waals surface area contributed by atoms with E-state index < -0.39 is 9.84 Å². The van der Waals surface area contributed by atoms with Crippen molar-refractivity contribution < 1.29 is 13.2 Å². The number of benzene rings is 2. The molecule has 0 aliphatic heterocycles. The van der Waals surface area contributed by atoms with Gasteiger partial charge in [0.2, 0.25) is 5.13 Å². The number of nitrogens with zero attached hydrogens (tertiary/aromatic N) is 2. The number of hydrogen-bond acceptors (Lipinski definition) is 6. The Bertz CT molecular complexity index is 1060. The second-order valence-electron chi connectivity index (χ2n) is 6.68. The molecule has 0 unspecified atom stereocenters. The molecule has 1 heterocycles. The van der Waals surface area contributed by atoms with Crippen LogP contribution in [-0.2, 0) is 22.0 Å². The highest BCUT2D eigenvalue weighted by Crippen LogP contribution is 2.20. The summed E-state index contributed by atoms with van der Waals surface area (Å²) >= 11 is 1.37. The molecular formula is C21H23N3O3S2. The number of rotatable bonds is 9. The molecule has 0 fully saturated rings. The van der Waals surface area contributed by atoms with Gasteiger partial charge in [0.05, 0.1) is 10.6 Å². The quantitative estimate of drug-likeness (QED) is 0.506. The van der Waals surface area contributed by atoms with E-state index in [9.17, 15) is 13.2 Å². The summed E-state index contributed by atoms with van der Waals surface area (Å²) in [6, 6.07) is 14.9. The molecule has 3 aromatic rings. The number of hydrogen-bond donors (Lipinski definition) is 1. The van der Waals surface area contributed by atoms with Crippen LogP contribution in [0.1, 0.15) is 47.1 Å². The maximum atomic E-state index is 12.6. The standard InChI is InChI=1S/C21H23N3O3S2/c1-2-3-5-13-19-23-24-21(28-19)22-20(25)17-10-8-9-16(14-17)15-29(26,27)18-11-6-4-7-12-18/h4,6-12,14H,2-3,5,13,15H2,1H3,(H,22,24,25). The smallest absolute Gasteiger partial charge is 0.257 e. The molecule has 0 radical (unpaired) electrons. The minimum atomic E-state index is -3.47. The van der Waals surface area contributed by atoms with Crippen molar-refractivity contribution in [1.82, 2.24) is 10.2 Å². The minimum absolute atomic E-state index is 0.168. The van der Waals surface area contributed by atoms with E-state index in [0.29, 0.717) is 16.3 Å². The van der Waals surface area contributed by atoms with Gasteiger partial charge >= 0.3 is 0 Å². The number of carbonyl (C=O) groups is 1. The summed E-state index contributed by atoms with van der Waals surface area (Å²) in [7, 11) is -3.47. The van der Waals surface area contributed by atoms with Gasteiger partial charge in [0.25, 0.3) is 5.91 Å². The molecule has 1 N–H and O–H groups in total. The monoisotopic (exact) mass is 429 g/mol. The van der Waals surface area contributed by atoms with Crippen molar-refractivity contribution in [3.05, 3.63) is 70.7 Å². The lowest BCUT2D eigenvalue weighted by Gasteiger charge is -2.07. The van der Waals surface area contributed by atoms with Gasteiger partial charge in [0.1, 0.15) is 5.01 Å². The Morgan fingerprint density at radius 1 is 1.03 bits per heavy atom. The lowest BCUT2D eigenvalue weighted by molar-refractivity contribution is 0.102. The summed E-state index contributed by atoms with van der Waals surface area (Å²) in [6.07, 6.45) is 4.18. The highest BCUT2D eigenvalue weighted by Gasteiger charge is 2.16. The van der Waals surface area contributed by atoms with Crippen LogP contribution in [0.25, 0.3) is 0 Å². The van der Waals surface area contributed by atoms with E-state index in [-0.39, 0.29) is 16.6 Å². The summed E-state index contributed by atoms with van der Waals surface area (Å²) in [4.78, 5) is 12.8. The lowest BCUT2D eigenvalue weighted by atomic mass is 10.1. The average Bonchev–Trinajstić information content (AvgIpc) is 3.16. The number of anilines is 1. The van der Waals surface area contributed by atoms with E-state index in [1.165, 1.54) is 11.3 Å². The van der Waals surface area contributed by atoms with Crippen LogP contribution in [0.4, 0.5) is 5.13 Å². The zero-order valence-corrected chi connectivity index (χ0v) is 17.8. The Balaban J connectivity index is 1.67. The third-order valence-electron chi connectivity index (χ3n) is 4.33. The van der Waals surface area contributed by atoms with Gasteiger partial charge in [-0.1, -0.05) is 61.4 Å². The van der Waals surface area contributed by atoms with Gasteiger partial charge < -0.3 is 0 Å². The largest absolute Gasteiger partial charge is 0.296 e. The molecule has 3 rings (SSSR count). The normalized spacial score (nSPS) is 11.3. The number of carbonyl (C=O) groups excluding carboxylic acids is 1. The molecule has 1 amide bonds. The summed E-state index contributed by atoms with van der Waals surface area (Å²) < 4.78 is 25.1. The summed E-state index contributed by atoms with van der Waals surface area (Å²) in [5, 5.41) is 12.2. The van der Waals surface area contributed by atoms with Gasteiger partial charge in [0, 0.05) is 12.0 Å². The topological polar surface area (TPSA) is 89.0 Å². The summed E-state index contributed by atoms with van der Waals surface area (Å²) in [6.45, 7) is 2.14. The molecule has 29 heavy (non-hydrogen) atoms. The van der Waals surface area contributed by atoms with Crippen LogP contribution < -0.4 is 5.32 Å². The summed E-state index contributed by atoms with van der Waals surface area (Å²) in [5.74, 6) is -0.501. The first kappa shape index (κ1) is 21.1. The van der Waals surface area contributed by atoms with Gasteiger partial charge in [0.15, 0.2) is 9.84 Å². The Kier molecular flexibility index (Phi) is 7.11. The number of unbranched alkanes of at least 4 members (excludes halogenated alkanes) is 2. The molecule has 6 nitrogen and oxygen atoms in total. The predicted octanol–water partition coefficient (Wildman–Crippen LogP) is 4.50. The van der Waals surface area contributed by atoms with E-state index in [1.807, 2.05) is 0 Å². The van der Waals surface area contributed by atoms with Crippen molar-refractivity contribution in [2.75, 3.05) is 5.32 Å². The number of nitrogens with one attached hydrogen (secondary N) is 1. The first-order valence-electron chi connectivity index (χ1n) is 9.48. The summed E-state index contributed by atoms with van der Waals surface area (Å²) in [5.41, 5.74) is 0.938. The maximum Gasteiger partial charge on any atom is 0.257 e. The molecule has 0 aliphatic rings. The molecule has 2 aromatic carbocycles. The molecular weight excluding hydrogens is 406 g/mol. The van der Waals surface area contributed by atoms with Crippen LogP contribution in [0.2, 0.25) is 0 Å². The van der Waals surface area contributed by atoms with Gasteiger partial charge in [-0.15, -0.1) is 10.2 Å². The van der Waals surface area contributed by atoms with Crippen molar-refractivity contribution >= 4 is 32.2 Å². The van der Waals surface area contributed by atoms with Crippen LogP contribution in [-0.4, -0.2) is 24.5 Å². The van der Waals surface area contributed by atoms with Crippen LogP contribution in [0.5, 0.6) is 0 Å². The highest BCUT2D eigenvalue weighted by molar-refractivity contribution is 7.90. The fraction of sp³-hybridized carbons (Fsp3) is 0.286. The zero-order chi connectivity index (χ0) is 20.7. The second kappa shape index (κ2) is 9.76. The van der Waals surface area contributed by atoms with Gasteiger partial charge in [-0.3, -0.25) is 10.1 Å². The van der Waals surface area contributed by atoms with E-state index in [4.69, 9.17) is 0 Å². The maximum absolute atomic E-state index is 12.6. The first-order chi connectivity index (χ1) is 14.0. The fourth-order valence-corrected chi connectivity index (χ4v) is 4.97. The number of aryl methyl sites for hydroxylation is 1. The van der Waals surface area contributed by atoms with Crippen molar-refractivity contribution in [3.63, 3.8) is 0 Å². The Morgan fingerprint density at radius 3 is 2.59 bits per heavy atom. The molecule has 1 aromatic heterocycles. The van der Waals surface area contributed by atoms with E-state index in [0.717, 1.165) is 30.7 Å². The van der Waals surface area contributed by atoms with Crippen molar-refractivity contribution in [2.45, 2.75) is 43.3 Å². The third kappa shape index (κ3) is 5.95. The lowest BCUT2D eigenvalue weighted by Crippen LogP contribution is -2.12. The Morgan fingerprint density at radius 2 is 1.83 bits per heavy atom. The van der Waals surface area contributed by atoms with Crippen molar-refractivity contribution in [1.29, 1.82) is 0 Å². The number of amides is 1. The van der Waals surface area contributed by atoms with E-state index in [2.05, 4.69) is 22.4 Å². The van der Waals surface area contributed by atoms with E-state index >= 15 is 0 Å². The Labute approximate surface area is 174 Å². The molecule has 0 spiro atoms. The highest BCUT2D eigenvalue weighted by atomic mass is 32.2. The van der Waals surface area contributed by atoms with Crippen LogP contribution in [0.3, 0.4) is 0 Å². The predicted molar refractivity (Wildman–Crippen MR) is 115 cm³/mol. The third-order valence-corrected chi connectivity index (χ3v) is 6.93. The van der Waals surface area contributed by atoms with Gasteiger partial charge in [-0.05, 0) is 36.2 Å². The number of aromatic nitrogens is 2. The molecule has 0 saturated carbocycles. The molecule has 152 valence electrons. The van der Waals surface area contributed by atoms with Crippen molar-refractivity contribution in [2.24, 2.45) is 0 Å². The van der Waals surface area contributed by atoms with Crippen molar-refractivity contribution in [3.8, 4) is 0 Å². The molecule has 0 bridgehead atoms. The molecule has 0 aliphatic carbocycles.